The molecule has 0 bridgehead atoms. The highest BCUT2D eigenvalue weighted by Gasteiger charge is 2.36. The number of halogens is 3. The highest BCUT2D eigenvalue weighted by molar-refractivity contribution is 5.93. The monoisotopic (exact) mass is 296 g/mol. The van der Waals surface area contributed by atoms with Crippen molar-refractivity contribution in [2.45, 2.75) is 39.3 Å². The smallest absolute Gasteiger partial charge is 0.271 e. The SMILES string of the molecule is CCC1=NN(CC)C(C)=CC1c1ccccc1C(F)(F)F. The summed E-state index contributed by atoms with van der Waals surface area (Å²) in [5.41, 5.74) is 1.35. The van der Waals surface area contributed by atoms with E-state index in [-0.39, 0.29) is 5.56 Å². The van der Waals surface area contributed by atoms with Gasteiger partial charge < -0.3 is 0 Å². The number of hydrogen-bond acceptors (Lipinski definition) is 2. The topological polar surface area (TPSA) is 15.6 Å². The van der Waals surface area contributed by atoms with Crippen molar-refractivity contribution < 1.29 is 13.2 Å². The third kappa shape index (κ3) is 3.12. The van der Waals surface area contributed by atoms with Gasteiger partial charge in [-0.15, -0.1) is 0 Å². The lowest BCUT2D eigenvalue weighted by Gasteiger charge is -2.30. The van der Waals surface area contributed by atoms with Gasteiger partial charge in [-0.2, -0.15) is 18.3 Å². The molecule has 0 fully saturated rings. The van der Waals surface area contributed by atoms with E-state index in [9.17, 15) is 13.2 Å². The molecule has 0 saturated heterocycles. The normalized spacial score (nSPS) is 19.3. The maximum atomic E-state index is 13.2. The van der Waals surface area contributed by atoms with E-state index >= 15 is 0 Å². The summed E-state index contributed by atoms with van der Waals surface area (Å²) in [6.07, 6.45) is -1.85. The lowest BCUT2D eigenvalue weighted by molar-refractivity contribution is -0.138. The van der Waals surface area contributed by atoms with Crippen molar-refractivity contribution in [3.63, 3.8) is 0 Å². The van der Waals surface area contributed by atoms with Gasteiger partial charge in [0.05, 0.1) is 5.56 Å². The predicted octanol–water partition coefficient (Wildman–Crippen LogP) is 4.79. The summed E-state index contributed by atoms with van der Waals surface area (Å²) in [4.78, 5) is 0. The van der Waals surface area contributed by atoms with Gasteiger partial charge in [0.1, 0.15) is 0 Å². The van der Waals surface area contributed by atoms with Gasteiger partial charge in [0.25, 0.3) is 0 Å². The van der Waals surface area contributed by atoms with Crippen molar-refractivity contribution in [1.29, 1.82) is 0 Å². The van der Waals surface area contributed by atoms with E-state index in [1.54, 1.807) is 12.1 Å². The molecule has 0 radical (unpaired) electrons. The first-order valence-electron chi connectivity index (χ1n) is 7.07. The van der Waals surface area contributed by atoms with Gasteiger partial charge in [0, 0.05) is 23.9 Å². The molecule has 1 heterocycles. The van der Waals surface area contributed by atoms with Crippen LogP contribution in [-0.2, 0) is 6.18 Å². The van der Waals surface area contributed by atoms with E-state index in [0.717, 1.165) is 17.5 Å². The van der Waals surface area contributed by atoms with E-state index < -0.39 is 17.7 Å². The molecule has 114 valence electrons. The molecule has 1 aromatic carbocycles. The van der Waals surface area contributed by atoms with Gasteiger partial charge >= 0.3 is 6.18 Å². The zero-order chi connectivity index (χ0) is 15.6. The van der Waals surface area contributed by atoms with Gasteiger partial charge in [-0.05, 0) is 31.9 Å². The molecule has 0 spiro atoms. The zero-order valence-electron chi connectivity index (χ0n) is 12.4. The number of allylic oxidation sites excluding steroid dienone is 2. The Balaban J connectivity index is 2.52. The molecule has 1 atom stereocenters. The summed E-state index contributed by atoms with van der Waals surface area (Å²) in [5, 5.41) is 6.32. The van der Waals surface area contributed by atoms with Gasteiger partial charge in [-0.25, -0.2) is 0 Å². The fraction of sp³-hybridized carbons (Fsp3) is 0.438. The Kier molecular flexibility index (Phi) is 4.40. The van der Waals surface area contributed by atoms with Crippen LogP contribution in [0.3, 0.4) is 0 Å². The Morgan fingerprint density at radius 2 is 1.86 bits per heavy atom. The van der Waals surface area contributed by atoms with Crippen LogP contribution in [-0.4, -0.2) is 17.3 Å². The zero-order valence-corrected chi connectivity index (χ0v) is 12.4. The van der Waals surface area contributed by atoms with Crippen molar-refractivity contribution in [1.82, 2.24) is 5.01 Å². The first-order chi connectivity index (χ1) is 9.88. The van der Waals surface area contributed by atoms with E-state index in [1.807, 2.05) is 31.9 Å². The molecule has 1 aliphatic heterocycles. The second-order valence-corrected chi connectivity index (χ2v) is 5.03. The molecule has 0 N–H and O–H groups in total. The number of rotatable bonds is 3. The van der Waals surface area contributed by atoms with Crippen LogP contribution in [0.4, 0.5) is 13.2 Å². The minimum atomic E-state index is -4.35. The highest BCUT2D eigenvalue weighted by atomic mass is 19.4. The Hall–Kier alpha value is -1.78. The molecule has 2 rings (SSSR count). The van der Waals surface area contributed by atoms with Crippen LogP contribution in [0.25, 0.3) is 0 Å². The first kappa shape index (κ1) is 15.6. The molecule has 5 heteroatoms. The standard InChI is InChI=1S/C16H19F3N2/c1-4-15-13(10-11(3)21(5-2)20-15)12-8-6-7-9-14(12)16(17,18)19/h6-10,13H,4-5H2,1-3H3. The van der Waals surface area contributed by atoms with E-state index in [0.29, 0.717) is 13.0 Å². The summed E-state index contributed by atoms with van der Waals surface area (Å²) in [6.45, 7) is 6.48. The molecular formula is C16H19F3N2. The van der Waals surface area contributed by atoms with Crippen LogP contribution in [0.2, 0.25) is 0 Å². The summed E-state index contributed by atoms with van der Waals surface area (Å²) in [5.74, 6) is -0.407. The number of nitrogens with zero attached hydrogens (tertiary/aromatic N) is 2. The number of hydrogen-bond donors (Lipinski definition) is 0. The maximum absolute atomic E-state index is 13.2. The summed E-state index contributed by atoms with van der Waals surface area (Å²) in [6, 6.07) is 5.75. The van der Waals surface area contributed by atoms with E-state index in [4.69, 9.17) is 0 Å². The quantitative estimate of drug-likeness (QED) is 0.782. The average Bonchev–Trinajstić information content (AvgIpc) is 2.46. The molecule has 0 amide bonds. The minimum Gasteiger partial charge on any atom is -0.271 e. The van der Waals surface area contributed by atoms with Crippen LogP contribution in [0.15, 0.2) is 41.1 Å². The lowest BCUT2D eigenvalue weighted by atomic mass is 9.87. The molecule has 1 aromatic rings. The van der Waals surface area contributed by atoms with E-state index in [2.05, 4.69) is 5.10 Å². The summed E-state index contributed by atoms with van der Waals surface area (Å²) >= 11 is 0. The fourth-order valence-electron chi connectivity index (χ4n) is 2.63. The molecule has 0 saturated carbocycles. The third-order valence-electron chi connectivity index (χ3n) is 3.69. The Labute approximate surface area is 123 Å². The molecular weight excluding hydrogens is 277 g/mol. The van der Waals surface area contributed by atoms with E-state index in [1.165, 1.54) is 6.07 Å². The van der Waals surface area contributed by atoms with Crippen LogP contribution in [0.5, 0.6) is 0 Å². The van der Waals surface area contributed by atoms with Crippen LogP contribution in [0, 0.1) is 0 Å². The van der Waals surface area contributed by atoms with Crippen LogP contribution in [0.1, 0.15) is 44.2 Å². The molecule has 2 nitrogen and oxygen atoms in total. The molecule has 0 aromatic heterocycles. The summed E-state index contributed by atoms with van der Waals surface area (Å²) in [7, 11) is 0. The number of hydrazone groups is 1. The molecule has 1 unspecified atom stereocenters. The van der Waals surface area contributed by atoms with Crippen molar-refractivity contribution in [2.75, 3.05) is 6.54 Å². The van der Waals surface area contributed by atoms with Gasteiger partial charge in [-0.1, -0.05) is 31.2 Å². The fourth-order valence-corrected chi connectivity index (χ4v) is 2.63. The van der Waals surface area contributed by atoms with Crippen molar-refractivity contribution in [2.24, 2.45) is 5.10 Å². The van der Waals surface area contributed by atoms with Gasteiger partial charge in [0.15, 0.2) is 0 Å². The van der Waals surface area contributed by atoms with Crippen LogP contribution >= 0.6 is 0 Å². The number of alkyl halides is 3. The largest absolute Gasteiger partial charge is 0.416 e. The Morgan fingerprint density at radius 1 is 1.19 bits per heavy atom. The molecule has 1 aliphatic rings. The Morgan fingerprint density at radius 3 is 2.43 bits per heavy atom. The van der Waals surface area contributed by atoms with Crippen molar-refractivity contribution >= 4 is 5.71 Å². The molecule has 0 aliphatic carbocycles. The van der Waals surface area contributed by atoms with Gasteiger partial charge in [0.2, 0.25) is 0 Å². The average molecular weight is 296 g/mol. The second kappa shape index (κ2) is 5.92. The third-order valence-corrected chi connectivity index (χ3v) is 3.69. The predicted molar refractivity (Wildman–Crippen MR) is 78.0 cm³/mol. The minimum absolute atomic E-state index is 0.278. The Bertz CT molecular complexity index is 573. The second-order valence-electron chi connectivity index (χ2n) is 5.03. The van der Waals surface area contributed by atoms with Crippen molar-refractivity contribution in [3.8, 4) is 0 Å². The lowest BCUT2D eigenvalue weighted by Crippen LogP contribution is -2.27. The van der Waals surface area contributed by atoms with Crippen molar-refractivity contribution in [3.05, 3.63) is 47.2 Å². The first-order valence-corrected chi connectivity index (χ1v) is 7.07. The molecule has 21 heavy (non-hydrogen) atoms. The van der Waals surface area contributed by atoms with Gasteiger partial charge in [-0.3, -0.25) is 5.01 Å². The maximum Gasteiger partial charge on any atom is 0.416 e. The summed E-state index contributed by atoms with van der Waals surface area (Å²) < 4.78 is 39.6. The van der Waals surface area contributed by atoms with Crippen LogP contribution < -0.4 is 0 Å². The number of benzene rings is 1. The highest BCUT2D eigenvalue weighted by Crippen LogP contribution is 2.38.